The minimum Gasteiger partial charge on any atom is -0.457 e. The standard InChI is InChI=1S/C19H21ClN2O6S/c1-13(28-19(24)17-6-5-11-27-17)18(23)21-16-12-14(7-8-15(16)20)29(25,26)22-9-3-2-4-10-22/h5-8,11-13H,2-4,9-10H2,1H3,(H,21,23). The molecule has 29 heavy (non-hydrogen) atoms. The quantitative estimate of drug-likeness (QED) is 0.691. The minimum atomic E-state index is -3.68. The van der Waals surface area contributed by atoms with E-state index in [0.717, 1.165) is 19.3 Å². The Kier molecular flexibility index (Phi) is 6.61. The SMILES string of the molecule is CC(OC(=O)c1ccco1)C(=O)Nc1cc(S(=O)(=O)N2CCCCC2)ccc1Cl. The van der Waals surface area contributed by atoms with E-state index < -0.39 is 28.0 Å². The second kappa shape index (κ2) is 8.98. The summed E-state index contributed by atoms with van der Waals surface area (Å²) in [4.78, 5) is 24.3. The zero-order valence-corrected chi connectivity index (χ0v) is 17.3. The molecule has 1 aliphatic heterocycles. The number of piperidine rings is 1. The molecule has 156 valence electrons. The highest BCUT2D eigenvalue weighted by molar-refractivity contribution is 7.89. The molecule has 1 aromatic heterocycles. The van der Waals surface area contributed by atoms with Crippen molar-refractivity contribution in [2.75, 3.05) is 18.4 Å². The molecule has 2 aromatic rings. The van der Waals surface area contributed by atoms with Crippen LogP contribution in [0.5, 0.6) is 0 Å². The Morgan fingerprint density at radius 1 is 1.21 bits per heavy atom. The Morgan fingerprint density at radius 3 is 2.59 bits per heavy atom. The van der Waals surface area contributed by atoms with Crippen LogP contribution < -0.4 is 5.32 Å². The third kappa shape index (κ3) is 4.98. The molecule has 1 unspecified atom stereocenters. The summed E-state index contributed by atoms with van der Waals surface area (Å²) in [6.07, 6.45) is 2.80. The largest absolute Gasteiger partial charge is 0.457 e. The number of carbonyl (C=O) groups excluding carboxylic acids is 2. The van der Waals surface area contributed by atoms with Crippen molar-refractivity contribution >= 4 is 39.2 Å². The van der Waals surface area contributed by atoms with Gasteiger partial charge in [0.15, 0.2) is 6.10 Å². The van der Waals surface area contributed by atoms with Gasteiger partial charge in [0.2, 0.25) is 15.8 Å². The lowest BCUT2D eigenvalue weighted by Crippen LogP contribution is -2.35. The lowest BCUT2D eigenvalue weighted by Gasteiger charge is -2.26. The minimum absolute atomic E-state index is 0.0303. The van der Waals surface area contributed by atoms with Crippen LogP contribution in [0.25, 0.3) is 0 Å². The predicted molar refractivity (Wildman–Crippen MR) is 106 cm³/mol. The summed E-state index contributed by atoms with van der Waals surface area (Å²) < 4.78 is 37.1. The van der Waals surface area contributed by atoms with Gasteiger partial charge in [-0.2, -0.15) is 4.31 Å². The first-order valence-electron chi connectivity index (χ1n) is 9.14. The van der Waals surface area contributed by atoms with Gasteiger partial charge in [-0.1, -0.05) is 18.0 Å². The summed E-state index contributed by atoms with van der Waals surface area (Å²) in [7, 11) is -3.68. The number of benzene rings is 1. The molecule has 0 radical (unpaired) electrons. The number of furan rings is 1. The highest BCUT2D eigenvalue weighted by Gasteiger charge is 2.27. The summed E-state index contributed by atoms with van der Waals surface area (Å²) in [6.45, 7) is 2.32. The maximum absolute atomic E-state index is 12.8. The van der Waals surface area contributed by atoms with Gasteiger partial charge in [-0.3, -0.25) is 4.79 Å². The fourth-order valence-electron chi connectivity index (χ4n) is 2.92. The molecule has 3 rings (SSSR count). The first-order valence-corrected chi connectivity index (χ1v) is 11.0. The number of halogens is 1. The highest BCUT2D eigenvalue weighted by Crippen LogP contribution is 2.28. The van der Waals surface area contributed by atoms with Crippen LogP contribution in [0.1, 0.15) is 36.7 Å². The fraction of sp³-hybridized carbons (Fsp3) is 0.368. The van der Waals surface area contributed by atoms with Gasteiger partial charge in [0.05, 0.1) is 21.9 Å². The summed E-state index contributed by atoms with van der Waals surface area (Å²) in [5.74, 6) is -1.47. The number of anilines is 1. The van der Waals surface area contributed by atoms with Crippen molar-refractivity contribution in [2.45, 2.75) is 37.2 Å². The number of hydrogen-bond acceptors (Lipinski definition) is 6. The van der Waals surface area contributed by atoms with E-state index >= 15 is 0 Å². The lowest BCUT2D eigenvalue weighted by atomic mass is 10.2. The number of rotatable bonds is 6. The van der Waals surface area contributed by atoms with E-state index in [1.165, 1.54) is 47.8 Å². The number of hydrogen-bond donors (Lipinski definition) is 1. The van der Waals surface area contributed by atoms with Crippen LogP contribution in [0.3, 0.4) is 0 Å². The number of ether oxygens (including phenoxy) is 1. The molecule has 1 N–H and O–H groups in total. The van der Waals surface area contributed by atoms with Gasteiger partial charge >= 0.3 is 5.97 Å². The number of carbonyl (C=O) groups is 2. The third-order valence-corrected chi connectivity index (χ3v) is 6.75. The first kappa shape index (κ1) is 21.4. The smallest absolute Gasteiger partial charge is 0.374 e. The molecule has 0 spiro atoms. The molecule has 1 saturated heterocycles. The van der Waals surface area contributed by atoms with Gasteiger partial charge in [-0.15, -0.1) is 0 Å². The Balaban J connectivity index is 1.72. The number of nitrogens with one attached hydrogen (secondary N) is 1. The molecule has 1 aliphatic rings. The topological polar surface area (TPSA) is 106 Å². The van der Waals surface area contributed by atoms with Crippen molar-refractivity contribution in [1.82, 2.24) is 4.31 Å². The van der Waals surface area contributed by atoms with Crippen molar-refractivity contribution < 1.29 is 27.2 Å². The average molecular weight is 441 g/mol. The van der Waals surface area contributed by atoms with Crippen LogP contribution in [0.4, 0.5) is 5.69 Å². The second-order valence-electron chi connectivity index (χ2n) is 6.62. The second-order valence-corrected chi connectivity index (χ2v) is 8.97. The third-order valence-electron chi connectivity index (χ3n) is 4.52. The Hall–Kier alpha value is -2.36. The number of sulfonamides is 1. The van der Waals surface area contributed by atoms with Crippen LogP contribution in [0.2, 0.25) is 5.02 Å². The molecular weight excluding hydrogens is 420 g/mol. The normalized spacial score (nSPS) is 16.2. The van der Waals surface area contributed by atoms with Crippen LogP contribution >= 0.6 is 11.6 Å². The molecule has 1 amide bonds. The van der Waals surface area contributed by atoms with Gasteiger partial charge < -0.3 is 14.5 Å². The van der Waals surface area contributed by atoms with Crippen LogP contribution in [-0.2, 0) is 19.6 Å². The van der Waals surface area contributed by atoms with Crippen molar-refractivity contribution in [1.29, 1.82) is 0 Å². The van der Waals surface area contributed by atoms with Gasteiger partial charge in [0.1, 0.15) is 0 Å². The van der Waals surface area contributed by atoms with Crippen LogP contribution in [0, 0.1) is 0 Å². The number of amides is 1. The summed E-state index contributed by atoms with van der Waals surface area (Å²) in [5, 5.41) is 2.68. The Morgan fingerprint density at radius 2 is 1.93 bits per heavy atom. The van der Waals surface area contributed by atoms with Crippen LogP contribution in [-0.4, -0.2) is 43.8 Å². The fourth-order valence-corrected chi connectivity index (χ4v) is 4.62. The predicted octanol–water partition coefficient (Wildman–Crippen LogP) is 3.29. The zero-order chi connectivity index (χ0) is 21.0. The number of nitrogens with zero attached hydrogens (tertiary/aromatic N) is 1. The van der Waals surface area contributed by atoms with Crippen molar-refractivity contribution in [3.63, 3.8) is 0 Å². The molecule has 2 heterocycles. The van der Waals surface area contributed by atoms with E-state index in [0.29, 0.717) is 13.1 Å². The van der Waals surface area contributed by atoms with Crippen molar-refractivity contribution in [3.8, 4) is 0 Å². The number of esters is 1. The summed E-state index contributed by atoms with van der Waals surface area (Å²) >= 11 is 6.12. The molecule has 8 nitrogen and oxygen atoms in total. The maximum Gasteiger partial charge on any atom is 0.374 e. The molecule has 1 aromatic carbocycles. The lowest BCUT2D eigenvalue weighted by molar-refractivity contribution is -0.123. The highest BCUT2D eigenvalue weighted by atomic mass is 35.5. The van der Waals surface area contributed by atoms with E-state index in [4.69, 9.17) is 20.8 Å². The van der Waals surface area contributed by atoms with Gasteiger partial charge in [-0.25, -0.2) is 13.2 Å². The van der Waals surface area contributed by atoms with Crippen LogP contribution in [0.15, 0.2) is 45.9 Å². The Bertz CT molecular complexity index is 984. The summed E-state index contributed by atoms with van der Waals surface area (Å²) in [6, 6.07) is 7.06. The van der Waals surface area contributed by atoms with E-state index in [1.807, 2.05) is 0 Å². The Labute approximate surface area is 173 Å². The molecule has 1 atom stereocenters. The molecule has 0 saturated carbocycles. The van der Waals surface area contributed by atoms with Crippen molar-refractivity contribution in [3.05, 3.63) is 47.4 Å². The summed E-state index contributed by atoms with van der Waals surface area (Å²) in [5.41, 5.74) is 0.121. The molecule has 10 heteroatoms. The van der Waals surface area contributed by atoms with Crippen molar-refractivity contribution in [2.24, 2.45) is 0 Å². The first-order chi connectivity index (χ1) is 13.8. The van der Waals surface area contributed by atoms with E-state index in [1.54, 1.807) is 0 Å². The average Bonchev–Trinajstić information content (AvgIpc) is 3.25. The maximum atomic E-state index is 12.8. The molecule has 0 aliphatic carbocycles. The van der Waals surface area contributed by atoms with Gasteiger partial charge in [0.25, 0.3) is 5.91 Å². The van der Waals surface area contributed by atoms with Gasteiger partial charge in [0, 0.05) is 13.1 Å². The molecular formula is C19H21ClN2O6S. The van der Waals surface area contributed by atoms with E-state index in [-0.39, 0.29) is 21.4 Å². The zero-order valence-electron chi connectivity index (χ0n) is 15.8. The monoisotopic (exact) mass is 440 g/mol. The molecule has 1 fully saturated rings. The van der Waals surface area contributed by atoms with Gasteiger partial charge in [-0.05, 0) is 50.1 Å². The van der Waals surface area contributed by atoms with E-state index in [2.05, 4.69) is 5.32 Å². The van der Waals surface area contributed by atoms with E-state index in [9.17, 15) is 18.0 Å². The molecule has 0 bridgehead atoms.